The predicted octanol–water partition coefficient (Wildman–Crippen LogP) is 3.01. The molecule has 2 amide bonds. The maximum Gasteiger partial charge on any atom is 0.241 e. The number of hydrogen-bond donors (Lipinski definition) is 0. The van der Waals surface area contributed by atoms with Crippen LogP contribution in [0.1, 0.15) is 24.5 Å². The Labute approximate surface area is 124 Å². The Kier molecular flexibility index (Phi) is 2.35. The van der Waals surface area contributed by atoms with Gasteiger partial charge in [0.15, 0.2) is 0 Å². The average Bonchev–Trinajstić information content (AvgIpc) is 3.06. The maximum absolute atomic E-state index is 13.0. The Morgan fingerprint density at radius 3 is 2.67 bits per heavy atom. The van der Waals surface area contributed by atoms with Crippen molar-refractivity contribution in [3.8, 4) is 0 Å². The summed E-state index contributed by atoms with van der Waals surface area (Å²) >= 11 is 0. The highest BCUT2D eigenvalue weighted by atomic mass is 16.2. The van der Waals surface area contributed by atoms with Gasteiger partial charge in [-0.15, -0.1) is 0 Å². The highest BCUT2D eigenvalue weighted by Gasteiger charge is 2.67. The Bertz CT molecular complexity index is 705. The number of fused-ring (bicyclic) bond motifs is 5. The molecule has 0 unspecified atom stereocenters. The molecule has 3 aliphatic rings. The molecule has 3 nitrogen and oxygen atoms in total. The van der Waals surface area contributed by atoms with E-state index in [9.17, 15) is 9.59 Å². The van der Waals surface area contributed by atoms with E-state index < -0.39 is 5.41 Å². The first-order chi connectivity index (χ1) is 9.94. The molecule has 1 saturated heterocycles. The third-order valence-electron chi connectivity index (χ3n) is 5.72. The fraction of sp³-hybridized carbons (Fsp3) is 0.444. The molecule has 21 heavy (non-hydrogen) atoms. The number of hydrogen-bond acceptors (Lipinski definition) is 2. The summed E-state index contributed by atoms with van der Waals surface area (Å²) in [7, 11) is 0. The van der Waals surface area contributed by atoms with Crippen LogP contribution < -0.4 is 4.90 Å². The molecule has 1 aliphatic heterocycles. The zero-order chi connectivity index (χ0) is 14.9. The molecule has 0 N–H and O–H groups in total. The largest absolute Gasteiger partial charge is 0.274 e. The maximum atomic E-state index is 13.0. The minimum atomic E-state index is -0.535. The van der Waals surface area contributed by atoms with E-state index in [0.717, 1.165) is 23.2 Å². The van der Waals surface area contributed by atoms with Crippen molar-refractivity contribution in [1.29, 1.82) is 0 Å². The zero-order valence-electron chi connectivity index (χ0n) is 12.6. The Morgan fingerprint density at radius 1 is 1.19 bits per heavy atom. The van der Waals surface area contributed by atoms with Crippen LogP contribution in [0.3, 0.4) is 0 Å². The van der Waals surface area contributed by atoms with E-state index in [1.807, 2.05) is 39.0 Å². The van der Waals surface area contributed by atoms with Gasteiger partial charge in [-0.05, 0) is 56.2 Å². The van der Waals surface area contributed by atoms with Crippen molar-refractivity contribution in [1.82, 2.24) is 0 Å². The molecule has 1 heterocycles. The molecule has 3 heteroatoms. The quantitative estimate of drug-likeness (QED) is 0.586. The summed E-state index contributed by atoms with van der Waals surface area (Å²) in [4.78, 5) is 27.4. The Hall–Kier alpha value is -1.90. The van der Waals surface area contributed by atoms with Crippen molar-refractivity contribution >= 4 is 17.5 Å². The van der Waals surface area contributed by atoms with Gasteiger partial charge >= 0.3 is 0 Å². The van der Waals surface area contributed by atoms with Crippen LogP contribution >= 0.6 is 0 Å². The van der Waals surface area contributed by atoms with Gasteiger partial charge in [-0.1, -0.05) is 24.3 Å². The van der Waals surface area contributed by atoms with Crippen molar-refractivity contribution in [2.45, 2.75) is 27.2 Å². The van der Waals surface area contributed by atoms with Crippen LogP contribution in [0, 0.1) is 37.0 Å². The molecule has 108 valence electrons. The van der Waals surface area contributed by atoms with Gasteiger partial charge in [-0.3, -0.25) is 9.59 Å². The topological polar surface area (TPSA) is 37.4 Å². The van der Waals surface area contributed by atoms with Gasteiger partial charge in [0.1, 0.15) is 0 Å². The number of anilines is 1. The number of aryl methyl sites for hydroxylation is 2. The summed E-state index contributed by atoms with van der Waals surface area (Å²) in [6, 6.07) is 5.94. The Balaban J connectivity index is 1.85. The summed E-state index contributed by atoms with van der Waals surface area (Å²) in [6.45, 7) is 5.93. The highest BCUT2D eigenvalue weighted by Crippen LogP contribution is 2.61. The molecule has 1 saturated carbocycles. The van der Waals surface area contributed by atoms with E-state index in [4.69, 9.17) is 0 Å². The van der Waals surface area contributed by atoms with Crippen LogP contribution in [0.4, 0.5) is 5.69 Å². The first-order valence-electron chi connectivity index (χ1n) is 7.58. The summed E-state index contributed by atoms with van der Waals surface area (Å²) in [6.07, 6.45) is 5.23. The number of carbonyl (C=O) groups excluding carboxylic acids is 2. The molecule has 0 spiro atoms. The number of imide groups is 1. The number of carbonyl (C=O) groups is 2. The molecule has 4 rings (SSSR count). The molecular formula is C18H19NO2. The van der Waals surface area contributed by atoms with E-state index >= 15 is 0 Å². The van der Waals surface area contributed by atoms with Crippen LogP contribution in [0.25, 0.3) is 0 Å². The number of nitrogens with zero attached hydrogens (tertiary/aromatic N) is 1. The van der Waals surface area contributed by atoms with Gasteiger partial charge in [-0.2, -0.15) is 0 Å². The van der Waals surface area contributed by atoms with Gasteiger partial charge in [-0.25, -0.2) is 4.90 Å². The lowest BCUT2D eigenvalue weighted by molar-refractivity contribution is -0.127. The minimum Gasteiger partial charge on any atom is -0.274 e. The molecule has 2 aliphatic carbocycles. The number of rotatable bonds is 1. The van der Waals surface area contributed by atoms with Crippen molar-refractivity contribution in [2.24, 2.45) is 23.2 Å². The smallest absolute Gasteiger partial charge is 0.241 e. The summed E-state index contributed by atoms with van der Waals surface area (Å²) in [5, 5.41) is 0. The normalized spacial score (nSPS) is 36.7. The average molecular weight is 281 g/mol. The van der Waals surface area contributed by atoms with Crippen LogP contribution in [0.5, 0.6) is 0 Å². The van der Waals surface area contributed by atoms with Gasteiger partial charge in [0.2, 0.25) is 11.8 Å². The van der Waals surface area contributed by atoms with E-state index in [2.05, 4.69) is 12.2 Å². The van der Waals surface area contributed by atoms with E-state index in [0.29, 0.717) is 0 Å². The van der Waals surface area contributed by atoms with Crippen molar-refractivity contribution < 1.29 is 9.59 Å². The molecular weight excluding hydrogens is 262 g/mol. The second-order valence-electron chi connectivity index (χ2n) is 6.92. The fourth-order valence-electron chi connectivity index (χ4n) is 4.49. The van der Waals surface area contributed by atoms with E-state index in [1.54, 1.807) is 0 Å². The van der Waals surface area contributed by atoms with Crippen LogP contribution in [-0.2, 0) is 9.59 Å². The molecule has 1 aromatic carbocycles. The van der Waals surface area contributed by atoms with Gasteiger partial charge in [0.25, 0.3) is 0 Å². The molecule has 2 fully saturated rings. The molecule has 0 aromatic heterocycles. The second-order valence-corrected chi connectivity index (χ2v) is 6.92. The first kappa shape index (κ1) is 12.8. The third-order valence-corrected chi connectivity index (χ3v) is 5.72. The predicted molar refractivity (Wildman–Crippen MR) is 80.7 cm³/mol. The van der Waals surface area contributed by atoms with Crippen LogP contribution in [0.2, 0.25) is 0 Å². The third kappa shape index (κ3) is 1.39. The number of amides is 2. The molecule has 4 atom stereocenters. The van der Waals surface area contributed by atoms with Gasteiger partial charge in [0.05, 0.1) is 17.0 Å². The lowest BCUT2D eigenvalue weighted by Crippen LogP contribution is -2.37. The van der Waals surface area contributed by atoms with Crippen LogP contribution in [-0.4, -0.2) is 11.8 Å². The summed E-state index contributed by atoms with van der Waals surface area (Å²) in [5.74, 6) is 0.279. The number of allylic oxidation sites excluding steroid dienone is 2. The van der Waals surface area contributed by atoms with Crippen molar-refractivity contribution in [3.05, 3.63) is 41.5 Å². The van der Waals surface area contributed by atoms with Crippen LogP contribution in [0.15, 0.2) is 30.4 Å². The standard InChI is InChI=1S/C18H19NO2/c1-10-4-5-11(2)14(8-10)19-16(20)15-12-6-7-13(9-12)18(15,3)17(19)21/h4-8,12-13,15H,9H2,1-3H3/t12-,13+,15-,18+/m1/s1. The molecule has 0 radical (unpaired) electrons. The fourth-order valence-corrected chi connectivity index (χ4v) is 4.49. The minimum absolute atomic E-state index is 0.00644. The SMILES string of the molecule is Cc1ccc(C)c(N2C(=O)[C@H]3[C@@H]4C=C[C@@H](C4)[C@]3(C)C2=O)c1. The van der Waals surface area contributed by atoms with E-state index in [-0.39, 0.29) is 29.6 Å². The number of benzene rings is 1. The lowest BCUT2D eigenvalue weighted by Gasteiger charge is -2.28. The highest BCUT2D eigenvalue weighted by molar-refractivity contribution is 6.24. The van der Waals surface area contributed by atoms with Gasteiger partial charge in [0, 0.05) is 0 Å². The Morgan fingerprint density at radius 2 is 1.95 bits per heavy atom. The second kappa shape index (κ2) is 3.85. The monoisotopic (exact) mass is 281 g/mol. The van der Waals surface area contributed by atoms with Crippen molar-refractivity contribution in [3.63, 3.8) is 0 Å². The molecule has 1 aromatic rings. The molecule has 2 bridgehead atoms. The zero-order valence-corrected chi connectivity index (χ0v) is 12.6. The summed E-state index contributed by atoms with van der Waals surface area (Å²) < 4.78 is 0. The summed E-state index contributed by atoms with van der Waals surface area (Å²) in [5.41, 5.74) is 2.28. The van der Waals surface area contributed by atoms with Gasteiger partial charge < -0.3 is 0 Å². The van der Waals surface area contributed by atoms with E-state index in [1.165, 1.54) is 4.90 Å². The first-order valence-corrected chi connectivity index (χ1v) is 7.58. The lowest BCUT2D eigenvalue weighted by atomic mass is 9.71. The van der Waals surface area contributed by atoms with Crippen molar-refractivity contribution in [2.75, 3.05) is 4.90 Å².